The Kier molecular flexibility index (Phi) is 5.71. The van der Waals surface area contributed by atoms with E-state index in [2.05, 4.69) is 29.3 Å². The van der Waals surface area contributed by atoms with E-state index >= 15 is 0 Å². The van der Waals surface area contributed by atoms with Crippen molar-refractivity contribution in [1.29, 1.82) is 0 Å². The number of ether oxygens (including phenoxy) is 1. The van der Waals surface area contributed by atoms with Crippen molar-refractivity contribution >= 4 is 5.91 Å². The molecule has 0 saturated carbocycles. The SMILES string of the molecule is CCCCN(C)CCNC(=O)Cn1ncc2c1-c1ccccc1OC2. The molecule has 6 nitrogen and oxygen atoms in total. The van der Waals surface area contributed by atoms with Crippen LogP contribution in [0.15, 0.2) is 30.5 Å². The van der Waals surface area contributed by atoms with Crippen molar-refractivity contribution in [2.45, 2.75) is 32.9 Å². The number of amides is 1. The van der Waals surface area contributed by atoms with Gasteiger partial charge in [-0.3, -0.25) is 9.48 Å². The van der Waals surface area contributed by atoms with Crippen LogP contribution in [0.4, 0.5) is 0 Å². The lowest BCUT2D eigenvalue weighted by molar-refractivity contribution is -0.121. The van der Waals surface area contributed by atoms with Crippen molar-refractivity contribution in [3.63, 3.8) is 0 Å². The molecule has 1 amide bonds. The Balaban J connectivity index is 1.58. The molecule has 3 rings (SSSR count). The molecule has 0 aliphatic carbocycles. The lowest BCUT2D eigenvalue weighted by atomic mass is 10.0. The topological polar surface area (TPSA) is 59.4 Å². The number of likely N-dealkylation sites (N-methyl/N-ethyl adjacent to an activating group) is 1. The molecule has 0 fully saturated rings. The van der Waals surface area contributed by atoms with Gasteiger partial charge in [0.2, 0.25) is 5.91 Å². The van der Waals surface area contributed by atoms with E-state index in [0.29, 0.717) is 13.2 Å². The molecule has 1 N–H and O–H groups in total. The molecular formula is C19H26N4O2. The van der Waals surface area contributed by atoms with Crippen LogP contribution < -0.4 is 10.1 Å². The summed E-state index contributed by atoms with van der Waals surface area (Å²) in [6.45, 7) is 5.49. The second-order valence-electron chi connectivity index (χ2n) is 6.47. The largest absolute Gasteiger partial charge is 0.488 e. The summed E-state index contributed by atoms with van der Waals surface area (Å²) >= 11 is 0. The van der Waals surface area contributed by atoms with Gasteiger partial charge in [0, 0.05) is 24.2 Å². The third kappa shape index (κ3) is 4.20. The number of fused-ring (bicyclic) bond motifs is 3. The summed E-state index contributed by atoms with van der Waals surface area (Å²) in [6.07, 6.45) is 4.16. The van der Waals surface area contributed by atoms with Crippen molar-refractivity contribution in [3.05, 3.63) is 36.0 Å². The van der Waals surface area contributed by atoms with Crippen molar-refractivity contribution in [2.24, 2.45) is 0 Å². The van der Waals surface area contributed by atoms with Crippen LogP contribution in [-0.2, 0) is 17.9 Å². The van der Waals surface area contributed by atoms with Crippen LogP contribution >= 0.6 is 0 Å². The summed E-state index contributed by atoms with van der Waals surface area (Å²) in [6, 6.07) is 7.88. The molecule has 0 atom stereocenters. The first-order valence-electron chi connectivity index (χ1n) is 8.91. The fraction of sp³-hybridized carbons (Fsp3) is 0.474. The van der Waals surface area contributed by atoms with Crippen LogP contribution in [0, 0.1) is 0 Å². The molecule has 0 spiro atoms. The molecule has 6 heteroatoms. The minimum atomic E-state index is -0.0150. The van der Waals surface area contributed by atoms with Crippen LogP contribution in [0.3, 0.4) is 0 Å². The van der Waals surface area contributed by atoms with E-state index in [4.69, 9.17) is 4.74 Å². The van der Waals surface area contributed by atoms with E-state index in [1.54, 1.807) is 10.9 Å². The average molecular weight is 342 g/mol. The molecule has 1 aliphatic heterocycles. The number of aromatic nitrogens is 2. The molecule has 0 unspecified atom stereocenters. The number of benzene rings is 1. The zero-order valence-electron chi connectivity index (χ0n) is 15.0. The Morgan fingerprint density at radius 3 is 3.04 bits per heavy atom. The summed E-state index contributed by atoms with van der Waals surface area (Å²) in [5.41, 5.74) is 3.00. The van der Waals surface area contributed by atoms with Gasteiger partial charge in [0.25, 0.3) is 0 Å². The molecular weight excluding hydrogens is 316 g/mol. The highest BCUT2D eigenvalue weighted by atomic mass is 16.5. The lowest BCUT2D eigenvalue weighted by Crippen LogP contribution is -2.35. The zero-order chi connectivity index (χ0) is 17.6. The molecule has 2 aromatic rings. The fourth-order valence-corrected chi connectivity index (χ4v) is 3.02. The minimum Gasteiger partial charge on any atom is -0.488 e. The second-order valence-corrected chi connectivity index (χ2v) is 6.47. The van der Waals surface area contributed by atoms with E-state index < -0.39 is 0 Å². The quantitative estimate of drug-likeness (QED) is 0.800. The fourth-order valence-electron chi connectivity index (χ4n) is 3.02. The first-order valence-corrected chi connectivity index (χ1v) is 8.91. The monoisotopic (exact) mass is 342 g/mol. The Bertz CT molecular complexity index is 726. The molecule has 0 radical (unpaired) electrons. The van der Waals surface area contributed by atoms with Crippen LogP contribution in [-0.4, -0.2) is 47.3 Å². The maximum absolute atomic E-state index is 12.3. The number of carbonyl (C=O) groups is 1. The number of para-hydroxylation sites is 1. The summed E-state index contributed by atoms with van der Waals surface area (Å²) in [7, 11) is 2.09. The van der Waals surface area contributed by atoms with Crippen LogP contribution in [0.2, 0.25) is 0 Å². The molecule has 134 valence electrons. The highest BCUT2D eigenvalue weighted by Crippen LogP contribution is 2.36. The van der Waals surface area contributed by atoms with Gasteiger partial charge in [-0.2, -0.15) is 5.10 Å². The Hall–Kier alpha value is -2.34. The van der Waals surface area contributed by atoms with Gasteiger partial charge in [-0.15, -0.1) is 0 Å². The first kappa shape index (κ1) is 17.5. The summed E-state index contributed by atoms with van der Waals surface area (Å²) in [5, 5.41) is 7.37. The number of nitrogens with zero attached hydrogens (tertiary/aromatic N) is 3. The van der Waals surface area contributed by atoms with Gasteiger partial charge in [-0.05, 0) is 32.1 Å². The van der Waals surface area contributed by atoms with Crippen LogP contribution in [0.5, 0.6) is 5.75 Å². The highest BCUT2D eigenvalue weighted by molar-refractivity contribution is 5.78. The van der Waals surface area contributed by atoms with E-state index in [1.165, 1.54) is 12.8 Å². The summed E-state index contributed by atoms with van der Waals surface area (Å²) < 4.78 is 7.50. The molecule has 1 aromatic heterocycles. The number of carbonyl (C=O) groups excluding carboxylic acids is 1. The second kappa shape index (κ2) is 8.16. The number of hydrogen-bond acceptors (Lipinski definition) is 4. The van der Waals surface area contributed by atoms with Gasteiger partial charge in [-0.1, -0.05) is 25.5 Å². The molecule has 1 aliphatic rings. The number of rotatable bonds is 8. The van der Waals surface area contributed by atoms with Crippen molar-refractivity contribution in [2.75, 3.05) is 26.7 Å². The van der Waals surface area contributed by atoms with E-state index in [1.807, 2.05) is 24.3 Å². The minimum absolute atomic E-state index is 0.0150. The molecule has 0 saturated heterocycles. The summed E-state index contributed by atoms with van der Waals surface area (Å²) in [5.74, 6) is 0.827. The van der Waals surface area contributed by atoms with Crippen molar-refractivity contribution in [1.82, 2.24) is 20.0 Å². The van der Waals surface area contributed by atoms with Gasteiger partial charge >= 0.3 is 0 Å². The van der Waals surface area contributed by atoms with E-state index in [-0.39, 0.29) is 12.5 Å². The average Bonchev–Trinajstić information content (AvgIpc) is 3.03. The van der Waals surface area contributed by atoms with Gasteiger partial charge in [0.15, 0.2) is 0 Å². The Morgan fingerprint density at radius 2 is 2.20 bits per heavy atom. The van der Waals surface area contributed by atoms with Gasteiger partial charge in [0.1, 0.15) is 18.9 Å². The third-order valence-electron chi connectivity index (χ3n) is 4.44. The molecule has 25 heavy (non-hydrogen) atoms. The van der Waals surface area contributed by atoms with Gasteiger partial charge in [0.05, 0.1) is 11.9 Å². The first-order chi connectivity index (χ1) is 12.2. The Morgan fingerprint density at radius 1 is 1.36 bits per heavy atom. The lowest BCUT2D eigenvalue weighted by Gasteiger charge is -2.19. The number of unbranched alkanes of at least 4 members (excludes halogenated alkanes) is 1. The Labute approximate surface area is 148 Å². The van der Waals surface area contributed by atoms with Crippen LogP contribution in [0.25, 0.3) is 11.3 Å². The van der Waals surface area contributed by atoms with Crippen LogP contribution in [0.1, 0.15) is 25.3 Å². The number of hydrogen-bond donors (Lipinski definition) is 1. The van der Waals surface area contributed by atoms with Gasteiger partial charge in [-0.25, -0.2) is 0 Å². The molecule has 0 bridgehead atoms. The standard InChI is InChI=1S/C19H26N4O2/c1-3-4-10-22(2)11-9-20-18(24)13-23-19-15(12-21-23)14-25-17-8-6-5-7-16(17)19/h5-8,12H,3-4,9-11,13-14H2,1-2H3,(H,20,24). The third-order valence-corrected chi connectivity index (χ3v) is 4.44. The zero-order valence-corrected chi connectivity index (χ0v) is 15.0. The normalized spacial score (nSPS) is 12.4. The van der Waals surface area contributed by atoms with E-state index in [9.17, 15) is 4.79 Å². The van der Waals surface area contributed by atoms with Crippen molar-refractivity contribution < 1.29 is 9.53 Å². The maximum atomic E-state index is 12.3. The van der Waals surface area contributed by atoms with Gasteiger partial charge < -0.3 is 15.0 Å². The summed E-state index contributed by atoms with van der Waals surface area (Å²) in [4.78, 5) is 14.5. The highest BCUT2D eigenvalue weighted by Gasteiger charge is 2.22. The number of nitrogens with one attached hydrogen (secondary N) is 1. The molecule has 2 heterocycles. The molecule has 1 aromatic carbocycles. The van der Waals surface area contributed by atoms with Crippen molar-refractivity contribution in [3.8, 4) is 17.0 Å². The predicted molar refractivity (Wildman–Crippen MR) is 97.4 cm³/mol. The predicted octanol–water partition coefficient (Wildman–Crippen LogP) is 2.29. The smallest absolute Gasteiger partial charge is 0.241 e. The van der Waals surface area contributed by atoms with E-state index in [0.717, 1.165) is 35.7 Å². The maximum Gasteiger partial charge on any atom is 0.241 e.